The van der Waals surface area contributed by atoms with Crippen LogP contribution < -0.4 is 5.32 Å². The average molecular weight is 339 g/mol. The Labute approximate surface area is 139 Å². The Morgan fingerprint density at radius 1 is 1.52 bits per heavy atom. The lowest BCUT2D eigenvalue weighted by atomic mass is 10.1. The molecule has 1 aliphatic rings. The Balaban J connectivity index is 1.59. The van der Waals surface area contributed by atoms with Crippen LogP contribution in [-0.2, 0) is 9.53 Å². The molecule has 0 aromatic carbocycles. The number of anilines is 1. The molecule has 0 unspecified atom stereocenters. The van der Waals surface area contributed by atoms with Crippen molar-refractivity contribution in [3.05, 3.63) is 17.3 Å². The molecule has 1 aliphatic heterocycles. The van der Waals surface area contributed by atoms with E-state index in [4.69, 9.17) is 16.0 Å². The molecule has 0 spiro atoms. The maximum atomic E-state index is 11.2. The van der Waals surface area contributed by atoms with Crippen molar-refractivity contribution in [3.8, 4) is 0 Å². The van der Waals surface area contributed by atoms with Crippen molar-refractivity contribution >= 4 is 34.8 Å². The van der Waals surface area contributed by atoms with E-state index < -0.39 is 0 Å². The number of methoxy groups -OCH3 is 1. The Morgan fingerprint density at radius 3 is 3.22 bits per heavy atom. The standard InChI is InChI=1S/C15H19ClN4O3/c1-22-13(21)6-8-20-7-2-3-10(9-20)17-15-19-14-11(23-15)4-5-12(16)18-14/h4-5,10H,2-3,6-9H2,1H3,(H,17,18,19)/t10-/m1/s1. The normalized spacial score (nSPS) is 19.0. The van der Waals surface area contributed by atoms with Crippen LogP contribution in [-0.4, -0.2) is 53.6 Å². The van der Waals surface area contributed by atoms with Crippen molar-refractivity contribution in [2.75, 3.05) is 32.1 Å². The quantitative estimate of drug-likeness (QED) is 0.661. The van der Waals surface area contributed by atoms with Crippen LogP contribution in [0.4, 0.5) is 6.01 Å². The van der Waals surface area contributed by atoms with Gasteiger partial charge >= 0.3 is 5.97 Å². The molecule has 0 radical (unpaired) electrons. The molecule has 8 heteroatoms. The fourth-order valence-electron chi connectivity index (χ4n) is 2.76. The summed E-state index contributed by atoms with van der Waals surface area (Å²) < 4.78 is 10.3. The lowest BCUT2D eigenvalue weighted by molar-refractivity contribution is -0.141. The number of halogens is 1. The molecule has 0 bridgehead atoms. The van der Waals surface area contributed by atoms with Gasteiger partial charge in [0.1, 0.15) is 5.15 Å². The number of carbonyl (C=O) groups excluding carboxylic acids is 1. The van der Waals surface area contributed by atoms with Gasteiger partial charge in [0.15, 0.2) is 5.58 Å². The molecule has 0 saturated carbocycles. The number of hydrogen-bond acceptors (Lipinski definition) is 7. The van der Waals surface area contributed by atoms with Crippen molar-refractivity contribution < 1.29 is 13.9 Å². The molecule has 3 rings (SSSR count). The second-order valence-corrected chi connectivity index (χ2v) is 5.97. The van der Waals surface area contributed by atoms with Gasteiger partial charge in [0.25, 0.3) is 6.01 Å². The van der Waals surface area contributed by atoms with Gasteiger partial charge in [0.2, 0.25) is 5.65 Å². The van der Waals surface area contributed by atoms with E-state index in [1.165, 1.54) is 7.11 Å². The van der Waals surface area contributed by atoms with Gasteiger partial charge in [-0.05, 0) is 31.5 Å². The summed E-state index contributed by atoms with van der Waals surface area (Å²) in [6.45, 7) is 2.53. The van der Waals surface area contributed by atoms with Crippen molar-refractivity contribution in [1.29, 1.82) is 0 Å². The predicted molar refractivity (Wildman–Crippen MR) is 86.5 cm³/mol. The number of nitrogens with zero attached hydrogens (tertiary/aromatic N) is 3. The van der Waals surface area contributed by atoms with Crippen LogP contribution in [0.25, 0.3) is 11.2 Å². The average Bonchev–Trinajstić information content (AvgIpc) is 2.94. The monoisotopic (exact) mass is 338 g/mol. The number of piperidine rings is 1. The highest BCUT2D eigenvalue weighted by atomic mass is 35.5. The van der Waals surface area contributed by atoms with E-state index in [0.29, 0.717) is 35.4 Å². The van der Waals surface area contributed by atoms with E-state index in [0.717, 1.165) is 25.9 Å². The summed E-state index contributed by atoms with van der Waals surface area (Å²) in [6, 6.07) is 4.11. The number of likely N-dealkylation sites (tertiary alicyclic amines) is 1. The largest absolute Gasteiger partial charge is 0.469 e. The van der Waals surface area contributed by atoms with Crippen molar-refractivity contribution in [2.45, 2.75) is 25.3 Å². The Morgan fingerprint density at radius 2 is 2.39 bits per heavy atom. The first-order valence-corrected chi connectivity index (χ1v) is 8.00. The molecule has 3 heterocycles. The predicted octanol–water partition coefficient (Wildman–Crippen LogP) is 2.32. The van der Waals surface area contributed by atoms with Crippen LogP contribution >= 0.6 is 11.6 Å². The van der Waals surface area contributed by atoms with Crippen LogP contribution in [0.5, 0.6) is 0 Å². The summed E-state index contributed by atoms with van der Waals surface area (Å²) in [5.74, 6) is -0.179. The third-order valence-corrected chi connectivity index (χ3v) is 4.12. The molecule has 1 N–H and O–H groups in total. The van der Waals surface area contributed by atoms with E-state index >= 15 is 0 Å². The van der Waals surface area contributed by atoms with Gasteiger partial charge in [0.05, 0.1) is 13.5 Å². The highest BCUT2D eigenvalue weighted by Gasteiger charge is 2.22. The third kappa shape index (κ3) is 4.11. The molecule has 2 aromatic rings. The fourth-order valence-corrected chi connectivity index (χ4v) is 2.90. The zero-order chi connectivity index (χ0) is 16.2. The van der Waals surface area contributed by atoms with Crippen molar-refractivity contribution in [2.24, 2.45) is 0 Å². The van der Waals surface area contributed by atoms with Gasteiger partial charge in [-0.3, -0.25) is 4.79 Å². The molecule has 23 heavy (non-hydrogen) atoms. The first-order chi connectivity index (χ1) is 11.1. The summed E-state index contributed by atoms with van der Waals surface area (Å²) in [7, 11) is 1.41. The highest BCUT2D eigenvalue weighted by molar-refractivity contribution is 6.29. The number of rotatable bonds is 5. The van der Waals surface area contributed by atoms with Gasteiger partial charge in [-0.1, -0.05) is 11.6 Å². The number of carbonyl (C=O) groups is 1. The molecule has 124 valence electrons. The SMILES string of the molecule is COC(=O)CCN1CCC[C@@H](Nc2nc3nc(Cl)ccc3o2)C1. The number of hydrogen-bond donors (Lipinski definition) is 1. The number of pyridine rings is 1. The smallest absolute Gasteiger partial charge is 0.306 e. The molecule has 7 nitrogen and oxygen atoms in total. The highest BCUT2D eigenvalue weighted by Crippen LogP contribution is 2.21. The van der Waals surface area contributed by atoms with E-state index in [1.807, 2.05) is 0 Å². The van der Waals surface area contributed by atoms with Crippen LogP contribution in [0, 0.1) is 0 Å². The topological polar surface area (TPSA) is 80.5 Å². The number of aromatic nitrogens is 2. The van der Waals surface area contributed by atoms with Gasteiger partial charge in [-0.25, -0.2) is 4.98 Å². The zero-order valence-corrected chi connectivity index (χ0v) is 13.7. The third-order valence-electron chi connectivity index (χ3n) is 3.91. The van der Waals surface area contributed by atoms with Crippen molar-refractivity contribution in [1.82, 2.24) is 14.9 Å². The maximum Gasteiger partial charge on any atom is 0.306 e. The molecule has 2 aromatic heterocycles. The number of fused-ring (bicyclic) bond motifs is 1. The fraction of sp³-hybridized carbons (Fsp3) is 0.533. The summed E-state index contributed by atoms with van der Waals surface area (Å²) >= 11 is 5.85. The Bertz CT molecular complexity index is 690. The minimum atomic E-state index is -0.179. The van der Waals surface area contributed by atoms with Gasteiger partial charge < -0.3 is 19.4 Å². The van der Waals surface area contributed by atoms with Crippen LogP contribution in [0.1, 0.15) is 19.3 Å². The van der Waals surface area contributed by atoms with E-state index in [2.05, 4.69) is 24.9 Å². The van der Waals surface area contributed by atoms with Crippen molar-refractivity contribution in [3.63, 3.8) is 0 Å². The number of oxazole rings is 1. The number of nitrogens with one attached hydrogen (secondary N) is 1. The van der Waals surface area contributed by atoms with Gasteiger partial charge in [0, 0.05) is 19.1 Å². The van der Waals surface area contributed by atoms with Crippen LogP contribution in [0.3, 0.4) is 0 Å². The summed E-state index contributed by atoms with van der Waals surface area (Å²) in [5, 5.41) is 3.70. The molecule has 1 fully saturated rings. The molecule has 0 amide bonds. The summed E-state index contributed by atoms with van der Waals surface area (Å²) in [5.41, 5.74) is 1.11. The zero-order valence-electron chi connectivity index (χ0n) is 12.9. The molecular formula is C15H19ClN4O3. The van der Waals surface area contributed by atoms with Crippen LogP contribution in [0.2, 0.25) is 5.15 Å². The maximum absolute atomic E-state index is 11.2. The lowest BCUT2D eigenvalue weighted by Crippen LogP contribution is -2.42. The molecule has 0 aliphatic carbocycles. The second kappa shape index (κ2) is 7.14. The molecule has 1 saturated heterocycles. The van der Waals surface area contributed by atoms with Crippen LogP contribution in [0.15, 0.2) is 16.5 Å². The van der Waals surface area contributed by atoms with Gasteiger partial charge in [-0.15, -0.1) is 0 Å². The number of esters is 1. The van der Waals surface area contributed by atoms with Gasteiger partial charge in [-0.2, -0.15) is 4.98 Å². The summed E-state index contributed by atoms with van der Waals surface area (Å²) in [4.78, 5) is 21.9. The van der Waals surface area contributed by atoms with E-state index in [-0.39, 0.29) is 12.0 Å². The minimum absolute atomic E-state index is 0.179. The number of ether oxygens (including phenoxy) is 1. The first-order valence-electron chi connectivity index (χ1n) is 7.63. The van der Waals surface area contributed by atoms with E-state index in [1.54, 1.807) is 12.1 Å². The molecular weight excluding hydrogens is 320 g/mol. The summed E-state index contributed by atoms with van der Waals surface area (Å²) in [6.07, 6.45) is 2.50. The molecule has 1 atom stereocenters. The first kappa shape index (κ1) is 16.0. The van der Waals surface area contributed by atoms with E-state index in [9.17, 15) is 4.79 Å². The minimum Gasteiger partial charge on any atom is -0.469 e. The second-order valence-electron chi connectivity index (χ2n) is 5.58. The Kier molecular flexibility index (Phi) is 4.97. The lowest BCUT2D eigenvalue weighted by Gasteiger charge is -2.32. The Hall–Kier alpha value is -1.86.